The number of nitrogens with zero attached hydrogens (tertiary/aromatic N) is 1. The number of nitrogens with one attached hydrogen (secondary N) is 1. The number of halogens is 1. The fourth-order valence-corrected chi connectivity index (χ4v) is 3.13. The van der Waals surface area contributed by atoms with E-state index in [2.05, 4.69) is 9.71 Å². The summed E-state index contributed by atoms with van der Waals surface area (Å²) >= 11 is 7.22. The van der Waals surface area contributed by atoms with Gasteiger partial charge in [-0.2, -0.15) is 0 Å². The number of rotatable bonds is 5. The van der Waals surface area contributed by atoms with Crippen LogP contribution in [0.2, 0.25) is 5.02 Å². The molecule has 0 saturated heterocycles. The monoisotopic (exact) mass is 302 g/mol. The summed E-state index contributed by atoms with van der Waals surface area (Å²) < 4.78 is 26.4. The Morgan fingerprint density at radius 1 is 1.28 bits per heavy atom. The van der Waals surface area contributed by atoms with Crippen LogP contribution in [0.15, 0.2) is 40.9 Å². The summed E-state index contributed by atoms with van der Waals surface area (Å²) in [7, 11) is -3.45. The lowest BCUT2D eigenvalue weighted by atomic mass is 10.4. The highest BCUT2D eigenvalue weighted by Crippen LogP contribution is 2.14. The first-order chi connectivity index (χ1) is 8.58. The molecule has 0 aliphatic rings. The first-order valence-electron chi connectivity index (χ1n) is 5.20. The van der Waals surface area contributed by atoms with Gasteiger partial charge < -0.3 is 0 Å². The predicted octanol–water partition coefficient (Wildman–Crippen LogP) is 2.32. The lowest BCUT2D eigenvalue weighted by Crippen LogP contribution is -2.25. The van der Waals surface area contributed by atoms with Crippen LogP contribution in [0.5, 0.6) is 0 Å². The fourth-order valence-electron chi connectivity index (χ4n) is 1.37. The lowest BCUT2D eigenvalue weighted by Gasteiger charge is -2.05. The second-order valence-corrected chi connectivity index (χ2v) is 6.74. The van der Waals surface area contributed by atoms with Crippen molar-refractivity contribution in [3.63, 3.8) is 0 Å². The van der Waals surface area contributed by atoms with E-state index in [9.17, 15) is 8.42 Å². The van der Waals surface area contributed by atoms with Gasteiger partial charge in [-0.25, -0.2) is 13.1 Å². The molecular weight excluding hydrogens is 292 g/mol. The van der Waals surface area contributed by atoms with E-state index < -0.39 is 10.0 Å². The molecule has 0 fully saturated rings. The van der Waals surface area contributed by atoms with Crippen molar-refractivity contribution in [3.8, 4) is 0 Å². The number of hydrogen-bond donors (Lipinski definition) is 1. The van der Waals surface area contributed by atoms with Gasteiger partial charge in [-0.15, -0.1) is 11.3 Å². The van der Waals surface area contributed by atoms with Crippen molar-refractivity contribution in [2.75, 3.05) is 6.54 Å². The maximum absolute atomic E-state index is 11.9. The minimum absolute atomic E-state index is 0.219. The van der Waals surface area contributed by atoms with Crippen LogP contribution in [0.3, 0.4) is 0 Å². The quantitative estimate of drug-likeness (QED) is 0.922. The third-order valence-corrected chi connectivity index (χ3v) is 4.84. The normalized spacial score (nSPS) is 11.6. The highest BCUT2D eigenvalue weighted by Gasteiger charge is 2.12. The van der Waals surface area contributed by atoms with Crippen molar-refractivity contribution in [3.05, 3.63) is 45.9 Å². The summed E-state index contributed by atoms with van der Waals surface area (Å²) in [4.78, 5) is 5.20. The maximum Gasteiger partial charge on any atom is 0.240 e. The second kappa shape index (κ2) is 5.79. The molecular formula is C11H11ClN2O2S2. The van der Waals surface area contributed by atoms with Gasteiger partial charge in [-0.1, -0.05) is 11.6 Å². The van der Waals surface area contributed by atoms with Gasteiger partial charge in [0, 0.05) is 22.6 Å². The molecule has 7 heteroatoms. The second-order valence-electron chi connectivity index (χ2n) is 3.57. The average Bonchev–Trinajstić information content (AvgIpc) is 2.82. The smallest absolute Gasteiger partial charge is 0.240 e. The molecule has 1 aromatic heterocycles. The Hall–Kier alpha value is -0.950. The third-order valence-electron chi connectivity index (χ3n) is 2.27. The van der Waals surface area contributed by atoms with E-state index in [-0.39, 0.29) is 4.90 Å². The van der Waals surface area contributed by atoms with Crippen LogP contribution in [0, 0.1) is 0 Å². The van der Waals surface area contributed by atoms with E-state index in [1.165, 1.54) is 23.5 Å². The van der Waals surface area contributed by atoms with Crippen molar-refractivity contribution < 1.29 is 8.42 Å². The fraction of sp³-hybridized carbons (Fsp3) is 0.182. The van der Waals surface area contributed by atoms with Gasteiger partial charge >= 0.3 is 0 Å². The highest BCUT2D eigenvalue weighted by molar-refractivity contribution is 7.89. The molecule has 18 heavy (non-hydrogen) atoms. The van der Waals surface area contributed by atoms with E-state index in [0.717, 1.165) is 4.88 Å². The van der Waals surface area contributed by atoms with Gasteiger partial charge in [0.1, 0.15) is 0 Å². The molecule has 0 spiro atoms. The molecule has 2 rings (SSSR count). The summed E-state index contributed by atoms with van der Waals surface area (Å²) in [6.45, 7) is 0.354. The first-order valence-corrected chi connectivity index (χ1v) is 7.94. The number of sulfonamides is 1. The zero-order valence-electron chi connectivity index (χ0n) is 9.34. The SMILES string of the molecule is O=S(=O)(NCCc1cncs1)c1ccc(Cl)cc1. The molecule has 0 aliphatic carbocycles. The Morgan fingerprint density at radius 3 is 2.61 bits per heavy atom. The molecule has 0 atom stereocenters. The van der Waals surface area contributed by atoms with Crippen LogP contribution in [0.4, 0.5) is 0 Å². The van der Waals surface area contributed by atoms with Crippen molar-refractivity contribution in [1.82, 2.24) is 9.71 Å². The summed E-state index contributed by atoms with van der Waals surface area (Å²) in [6, 6.07) is 6.08. The maximum atomic E-state index is 11.9. The molecule has 1 heterocycles. The molecule has 0 amide bonds. The molecule has 0 bridgehead atoms. The van der Waals surface area contributed by atoms with E-state index in [4.69, 9.17) is 11.6 Å². The van der Waals surface area contributed by atoms with Crippen LogP contribution in [-0.4, -0.2) is 19.9 Å². The van der Waals surface area contributed by atoms with Gasteiger partial charge in [-0.3, -0.25) is 4.98 Å². The van der Waals surface area contributed by atoms with Crippen molar-refractivity contribution in [1.29, 1.82) is 0 Å². The van der Waals surface area contributed by atoms with Crippen molar-refractivity contribution in [2.45, 2.75) is 11.3 Å². The Morgan fingerprint density at radius 2 is 2.00 bits per heavy atom. The molecule has 2 aromatic rings. The van der Waals surface area contributed by atoms with Gasteiger partial charge in [0.25, 0.3) is 0 Å². The molecule has 0 aliphatic heterocycles. The molecule has 0 saturated carbocycles. The first kappa shape index (κ1) is 13.5. The Balaban J connectivity index is 1.97. The molecule has 96 valence electrons. The Bertz CT molecular complexity index is 594. The third kappa shape index (κ3) is 3.52. The summed E-state index contributed by atoms with van der Waals surface area (Å²) in [5.41, 5.74) is 1.73. The minimum atomic E-state index is -3.45. The van der Waals surface area contributed by atoms with E-state index in [0.29, 0.717) is 18.0 Å². The lowest BCUT2D eigenvalue weighted by molar-refractivity contribution is 0.582. The van der Waals surface area contributed by atoms with Gasteiger partial charge in [0.05, 0.1) is 10.4 Å². The van der Waals surface area contributed by atoms with Crippen LogP contribution in [-0.2, 0) is 16.4 Å². The topological polar surface area (TPSA) is 59.1 Å². The van der Waals surface area contributed by atoms with E-state index in [1.807, 2.05) is 0 Å². The predicted molar refractivity (Wildman–Crippen MR) is 72.5 cm³/mol. The molecule has 4 nitrogen and oxygen atoms in total. The van der Waals surface area contributed by atoms with Gasteiger partial charge in [0.2, 0.25) is 10.0 Å². The zero-order valence-corrected chi connectivity index (χ0v) is 11.7. The summed E-state index contributed by atoms with van der Waals surface area (Å²) in [6.07, 6.45) is 2.37. The van der Waals surface area contributed by atoms with Crippen molar-refractivity contribution in [2.24, 2.45) is 0 Å². The zero-order chi connectivity index (χ0) is 13.0. The molecule has 0 radical (unpaired) electrons. The largest absolute Gasteiger partial charge is 0.253 e. The van der Waals surface area contributed by atoms with Gasteiger partial charge in [-0.05, 0) is 30.7 Å². The van der Waals surface area contributed by atoms with Crippen molar-refractivity contribution >= 4 is 33.0 Å². The molecule has 0 unspecified atom stereocenters. The Kier molecular flexibility index (Phi) is 4.34. The van der Waals surface area contributed by atoms with Crippen LogP contribution >= 0.6 is 22.9 Å². The highest BCUT2D eigenvalue weighted by atomic mass is 35.5. The standard InChI is InChI=1S/C11H11ClN2O2S2/c12-9-1-3-11(4-2-9)18(15,16)14-6-5-10-7-13-8-17-10/h1-4,7-8,14H,5-6H2. The average molecular weight is 303 g/mol. The number of benzene rings is 1. The van der Waals surface area contributed by atoms with Gasteiger partial charge in [0.15, 0.2) is 0 Å². The number of hydrogen-bond acceptors (Lipinski definition) is 4. The van der Waals surface area contributed by atoms with Crippen LogP contribution in [0.1, 0.15) is 4.88 Å². The number of aromatic nitrogens is 1. The minimum Gasteiger partial charge on any atom is -0.253 e. The summed E-state index contributed by atoms with van der Waals surface area (Å²) in [5, 5.41) is 0.513. The van der Waals surface area contributed by atoms with E-state index in [1.54, 1.807) is 23.8 Å². The molecule has 1 N–H and O–H groups in total. The summed E-state index contributed by atoms with van der Waals surface area (Å²) in [5.74, 6) is 0. The Labute approximate surface area is 115 Å². The van der Waals surface area contributed by atoms with E-state index >= 15 is 0 Å². The van der Waals surface area contributed by atoms with Crippen LogP contribution < -0.4 is 4.72 Å². The molecule has 1 aromatic carbocycles. The van der Waals surface area contributed by atoms with Crippen LogP contribution in [0.25, 0.3) is 0 Å². The number of thiazole rings is 1.